The van der Waals surface area contributed by atoms with Gasteiger partial charge >= 0.3 is 0 Å². The summed E-state index contributed by atoms with van der Waals surface area (Å²) in [6.45, 7) is 6.02. The molecule has 1 heterocycles. The lowest BCUT2D eigenvalue weighted by atomic mass is 10.1. The van der Waals surface area contributed by atoms with Gasteiger partial charge in [-0.2, -0.15) is 0 Å². The average Bonchev–Trinajstić information content (AvgIpc) is 2.20. The summed E-state index contributed by atoms with van der Waals surface area (Å²) in [6.07, 6.45) is 2.27. The zero-order valence-electron chi connectivity index (χ0n) is 10.1. The lowest BCUT2D eigenvalue weighted by Crippen LogP contribution is -2.41. The SMILES string of the molecule is CN(C)CCOCCN1CCC(N)CC1. The maximum absolute atomic E-state index is 5.84. The topological polar surface area (TPSA) is 41.7 Å². The monoisotopic (exact) mass is 215 g/mol. The third kappa shape index (κ3) is 6.10. The summed E-state index contributed by atoms with van der Waals surface area (Å²) in [5.74, 6) is 0. The fraction of sp³-hybridized carbons (Fsp3) is 1.00. The molecule has 0 atom stereocenters. The Balaban J connectivity index is 1.91. The van der Waals surface area contributed by atoms with Crippen molar-refractivity contribution in [3.63, 3.8) is 0 Å². The van der Waals surface area contributed by atoms with Crippen LogP contribution >= 0.6 is 0 Å². The molecule has 0 radical (unpaired) electrons. The van der Waals surface area contributed by atoms with Crippen LogP contribution in [0.3, 0.4) is 0 Å². The van der Waals surface area contributed by atoms with Crippen molar-refractivity contribution in [3.05, 3.63) is 0 Å². The number of likely N-dealkylation sites (tertiary alicyclic amines) is 1. The molecular formula is C11H25N3O. The highest BCUT2D eigenvalue weighted by Crippen LogP contribution is 2.07. The van der Waals surface area contributed by atoms with Crippen LogP contribution in [0.15, 0.2) is 0 Å². The summed E-state index contributed by atoms with van der Waals surface area (Å²) in [5, 5.41) is 0. The van der Waals surface area contributed by atoms with Crippen molar-refractivity contribution in [2.45, 2.75) is 18.9 Å². The molecule has 1 aliphatic heterocycles. The smallest absolute Gasteiger partial charge is 0.0594 e. The first-order valence-electron chi connectivity index (χ1n) is 5.89. The van der Waals surface area contributed by atoms with Crippen molar-refractivity contribution in [3.8, 4) is 0 Å². The molecule has 0 amide bonds. The third-order valence-electron chi connectivity index (χ3n) is 2.87. The first kappa shape index (κ1) is 12.9. The van der Waals surface area contributed by atoms with Gasteiger partial charge in [0.1, 0.15) is 0 Å². The van der Waals surface area contributed by atoms with Gasteiger partial charge in [-0.25, -0.2) is 0 Å². The molecule has 0 aromatic rings. The third-order valence-corrected chi connectivity index (χ3v) is 2.87. The van der Waals surface area contributed by atoms with E-state index in [0.29, 0.717) is 6.04 Å². The number of likely N-dealkylation sites (N-methyl/N-ethyl adjacent to an activating group) is 1. The number of nitrogens with zero attached hydrogens (tertiary/aromatic N) is 2. The Morgan fingerprint density at radius 1 is 1.27 bits per heavy atom. The van der Waals surface area contributed by atoms with Crippen LogP contribution in [-0.2, 0) is 4.74 Å². The Morgan fingerprint density at radius 2 is 1.93 bits per heavy atom. The minimum atomic E-state index is 0.427. The van der Waals surface area contributed by atoms with Gasteiger partial charge in [-0.3, -0.25) is 0 Å². The minimum Gasteiger partial charge on any atom is -0.379 e. The van der Waals surface area contributed by atoms with Gasteiger partial charge in [0, 0.05) is 19.1 Å². The normalized spacial score (nSPS) is 20.0. The largest absolute Gasteiger partial charge is 0.379 e. The number of piperidine rings is 1. The fourth-order valence-corrected chi connectivity index (χ4v) is 1.72. The summed E-state index contributed by atoms with van der Waals surface area (Å²) in [4.78, 5) is 4.58. The van der Waals surface area contributed by atoms with Gasteiger partial charge in [-0.05, 0) is 40.0 Å². The molecule has 4 nitrogen and oxygen atoms in total. The predicted octanol–water partition coefficient (Wildman–Crippen LogP) is -0.0123. The van der Waals surface area contributed by atoms with Crippen LogP contribution in [-0.4, -0.2) is 69.3 Å². The quantitative estimate of drug-likeness (QED) is 0.633. The van der Waals surface area contributed by atoms with E-state index in [1.54, 1.807) is 0 Å². The first-order chi connectivity index (χ1) is 7.18. The van der Waals surface area contributed by atoms with E-state index >= 15 is 0 Å². The number of hydrogen-bond acceptors (Lipinski definition) is 4. The van der Waals surface area contributed by atoms with Gasteiger partial charge < -0.3 is 20.3 Å². The van der Waals surface area contributed by atoms with E-state index in [4.69, 9.17) is 10.5 Å². The summed E-state index contributed by atoms with van der Waals surface area (Å²) in [6, 6.07) is 0.427. The van der Waals surface area contributed by atoms with E-state index in [0.717, 1.165) is 52.2 Å². The van der Waals surface area contributed by atoms with Crippen molar-refractivity contribution in [2.75, 3.05) is 53.5 Å². The highest BCUT2D eigenvalue weighted by molar-refractivity contribution is 4.73. The Labute approximate surface area is 93.4 Å². The van der Waals surface area contributed by atoms with E-state index < -0.39 is 0 Å². The number of nitrogens with two attached hydrogens (primary N) is 1. The summed E-state index contributed by atoms with van der Waals surface area (Å²) in [7, 11) is 4.13. The van der Waals surface area contributed by atoms with Crippen LogP contribution in [0.25, 0.3) is 0 Å². The van der Waals surface area contributed by atoms with E-state index in [2.05, 4.69) is 23.9 Å². The van der Waals surface area contributed by atoms with Gasteiger partial charge in [-0.15, -0.1) is 0 Å². The van der Waals surface area contributed by atoms with Gasteiger partial charge in [0.2, 0.25) is 0 Å². The van der Waals surface area contributed by atoms with Crippen LogP contribution in [0.1, 0.15) is 12.8 Å². The Hall–Kier alpha value is -0.160. The van der Waals surface area contributed by atoms with Crippen molar-refractivity contribution in [1.29, 1.82) is 0 Å². The van der Waals surface area contributed by atoms with Gasteiger partial charge in [0.15, 0.2) is 0 Å². The van der Waals surface area contributed by atoms with Gasteiger partial charge in [0.05, 0.1) is 13.2 Å². The number of ether oxygens (including phenoxy) is 1. The van der Waals surface area contributed by atoms with Crippen LogP contribution in [0.2, 0.25) is 0 Å². The number of rotatable bonds is 6. The zero-order chi connectivity index (χ0) is 11.1. The maximum Gasteiger partial charge on any atom is 0.0594 e. The lowest BCUT2D eigenvalue weighted by Gasteiger charge is -2.29. The van der Waals surface area contributed by atoms with Crippen molar-refractivity contribution >= 4 is 0 Å². The molecular weight excluding hydrogens is 190 g/mol. The molecule has 0 bridgehead atoms. The van der Waals surface area contributed by atoms with E-state index in [9.17, 15) is 0 Å². The minimum absolute atomic E-state index is 0.427. The second kappa shape index (κ2) is 7.17. The fourth-order valence-electron chi connectivity index (χ4n) is 1.72. The zero-order valence-corrected chi connectivity index (χ0v) is 10.1. The van der Waals surface area contributed by atoms with Crippen LogP contribution in [0.4, 0.5) is 0 Å². The van der Waals surface area contributed by atoms with Crippen LogP contribution < -0.4 is 5.73 Å². The molecule has 2 N–H and O–H groups in total. The number of hydrogen-bond donors (Lipinski definition) is 1. The van der Waals surface area contributed by atoms with Crippen molar-refractivity contribution < 1.29 is 4.74 Å². The van der Waals surface area contributed by atoms with Crippen LogP contribution in [0, 0.1) is 0 Å². The van der Waals surface area contributed by atoms with E-state index in [1.807, 2.05) is 0 Å². The maximum atomic E-state index is 5.84. The molecule has 0 aromatic heterocycles. The van der Waals surface area contributed by atoms with E-state index in [1.165, 1.54) is 0 Å². The molecule has 0 unspecified atom stereocenters. The van der Waals surface area contributed by atoms with Gasteiger partial charge in [-0.1, -0.05) is 0 Å². The van der Waals surface area contributed by atoms with Crippen molar-refractivity contribution in [1.82, 2.24) is 9.80 Å². The molecule has 1 aliphatic rings. The first-order valence-corrected chi connectivity index (χ1v) is 5.89. The average molecular weight is 215 g/mol. The lowest BCUT2D eigenvalue weighted by molar-refractivity contribution is 0.0846. The van der Waals surface area contributed by atoms with Crippen LogP contribution in [0.5, 0.6) is 0 Å². The molecule has 1 fully saturated rings. The molecule has 90 valence electrons. The molecule has 4 heteroatoms. The molecule has 1 saturated heterocycles. The highest BCUT2D eigenvalue weighted by Gasteiger charge is 2.14. The predicted molar refractivity (Wildman–Crippen MR) is 63.0 cm³/mol. The molecule has 15 heavy (non-hydrogen) atoms. The Kier molecular flexibility index (Phi) is 6.17. The second-order valence-corrected chi connectivity index (χ2v) is 4.59. The Morgan fingerprint density at radius 3 is 2.53 bits per heavy atom. The molecule has 1 rings (SSSR count). The standard InChI is InChI=1S/C11H25N3O/c1-13(2)7-9-15-10-8-14-5-3-11(12)4-6-14/h11H,3-10,12H2,1-2H3. The van der Waals surface area contributed by atoms with E-state index in [-0.39, 0.29) is 0 Å². The molecule has 0 aliphatic carbocycles. The second-order valence-electron chi connectivity index (χ2n) is 4.59. The van der Waals surface area contributed by atoms with Crippen molar-refractivity contribution in [2.24, 2.45) is 5.73 Å². The summed E-state index contributed by atoms with van der Waals surface area (Å²) in [5.41, 5.74) is 5.84. The Bertz CT molecular complexity index is 156. The molecule has 0 spiro atoms. The molecule has 0 saturated carbocycles. The summed E-state index contributed by atoms with van der Waals surface area (Å²) >= 11 is 0. The highest BCUT2D eigenvalue weighted by atomic mass is 16.5. The summed E-state index contributed by atoms with van der Waals surface area (Å²) < 4.78 is 5.56. The van der Waals surface area contributed by atoms with Gasteiger partial charge in [0.25, 0.3) is 0 Å². The molecule has 0 aromatic carbocycles.